The fourth-order valence-corrected chi connectivity index (χ4v) is 3.56. The number of halogens is 5. The van der Waals surface area contributed by atoms with Gasteiger partial charge in [-0.1, -0.05) is 31.8 Å². The number of para-hydroxylation sites is 1. The van der Waals surface area contributed by atoms with Crippen molar-refractivity contribution >= 4 is 25.2 Å². The highest BCUT2D eigenvalue weighted by Gasteiger charge is 2.25. The summed E-state index contributed by atoms with van der Waals surface area (Å²) in [4.78, 5) is 3.36. The number of aliphatic imine (C=N–C) groups is 1. The fourth-order valence-electron chi connectivity index (χ4n) is 2.11. The van der Waals surface area contributed by atoms with Crippen LogP contribution in [0.4, 0.5) is 27.6 Å². The molecule has 0 spiro atoms. The molecule has 0 radical (unpaired) electrons. The molecule has 128 valence electrons. The smallest absolute Gasteiger partial charge is 0.200 e. The van der Waals surface area contributed by atoms with E-state index < -0.39 is 42.8 Å². The first kappa shape index (κ1) is 18.1. The maximum atomic E-state index is 13.6. The van der Waals surface area contributed by atoms with E-state index in [9.17, 15) is 27.1 Å². The quantitative estimate of drug-likeness (QED) is 0.285. The number of benzene rings is 2. The summed E-state index contributed by atoms with van der Waals surface area (Å²) < 4.78 is 66.5. The molecule has 1 N–H and O–H groups in total. The minimum absolute atomic E-state index is 0.121. The monoisotopic (exact) mass is 359 g/mol. The zero-order valence-electron chi connectivity index (χ0n) is 13.1. The second-order valence-electron chi connectivity index (χ2n) is 6.17. The Morgan fingerprint density at radius 2 is 1.38 bits per heavy atom. The molecule has 2 aromatic carbocycles. The highest BCUT2D eigenvalue weighted by molar-refractivity contribution is 6.89. The lowest BCUT2D eigenvalue weighted by Crippen LogP contribution is -2.37. The van der Waals surface area contributed by atoms with Crippen LogP contribution in [-0.4, -0.2) is 19.4 Å². The summed E-state index contributed by atoms with van der Waals surface area (Å²) in [5.41, 5.74) is -1.18. The highest BCUT2D eigenvalue weighted by atomic mass is 28.3. The van der Waals surface area contributed by atoms with Gasteiger partial charge in [0.1, 0.15) is 11.4 Å². The van der Waals surface area contributed by atoms with E-state index in [2.05, 4.69) is 4.99 Å². The molecule has 24 heavy (non-hydrogen) atoms. The molecule has 0 saturated heterocycles. The molecule has 2 rings (SSSR count). The molecule has 0 amide bonds. The Kier molecular flexibility index (Phi) is 4.79. The van der Waals surface area contributed by atoms with Gasteiger partial charge in [-0.2, -0.15) is 0 Å². The van der Waals surface area contributed by atoms with Gasteiger partial charge in [0.2, 0.25) is 5.82 Å². The maximum Gasteiger partial charge on any atom is 0.200 e. The van der Waals surface area contributed by atoms with Gasteiger partial charge in [0.05, 0.1) is 8.07 Å². The lowest BCUT2D eigenvalue weighted by molar-refractivity contribution is 0.381. The van der Waals surface area contributed by atoms with Crippen molar-refractivity contribution in [2.45, 2.75) is 19.6 Å². The summed E-state index contributed by atoms with van der Waals surface area (Å²) in [5, 5.41) is 10.9. The molecular weight excluding hydrogens is 345 g/mol. The number of phenolic OH excluding ortho intramolecular Hbond substituents is 1. The zero-order valence-corrected chi connectivity index (χ0v) is 14.1. The normalized spacial score (nSPS) is 12.2. The molecule has 0 aromatic heterocycles. The summed E-state index contributed by atoms with van der Waals surface area (Å²) in [6.07, 6.45) is 0.872. The Bertz CT molecular complexity index is 801. The summed E-state index contributed by atoms with van der Waals surface area (Å²) in [5.74, 6) is -10.5. The molecule has 0 unspecified atom stereocenters. The average molecular weight is 359 g/mol. The van der Waals surface area contributed by atoms with Crippen LogP contribution in [-0.2, 0) is 0 Å². The zero-order chi connectivity index (χ0) is 18.2. The minimum atomic E-state index is -2.24. The van der Waals surface area contributed by atoms with Crippen LogP contribution in [0.3, 0.4) is 0 Å². The van der Waals surface area contributed by atoms with E-state index >= 15 is 0 Å². The van der Waals surface area contributed by atoms with Crippen LogP contribution < -0.4 is 5.19 Å². The van der Waals surface area contributed by atoms with Gasteiger partial charge in [-0.25, -0.2) is 26.9 Å². The first-order valence-corrected chi connectivity index (χ1v) is 10.4. The minimum Gasteiger partial charge on any atom is -0.507 e. The van der Waals surface area contributed by atoms with Crippen LogP contribution in [0.15, 0.2) is 23.2 Å². The Balaban J connectivity index is 2.55. The fraction of sp³-hybridized carbons (Fsp3) is 0.188. The summed E-state index contributed by atoms with van der Waals surface area (Å²) in [6, 6.07) is 4.76. The van der Waals surface area contributed by atoms with Crippen LogP contribution in [0.5, 0.6) is 5.75 Å². The Morgan fingerprint density at radius 1 is 0.875 bits per heavy atom. The number of hydrogen-bond donors (Lipinski definition) is 1. The van der Waals surface area contributed by atoms with E-state index in [0.29, 0.717) is 5.19 Å². The SMILES string of the molecule is C[Si](C)(C)c1cccc(C=Nc2c(F)c(F)c(F)c(F)c2F)c1O. The van der Waals surface area contributed by atoms with Gasteiger partial charge >= 0.3 is 0 Å². The van der Waals surface area contributed by atoms with Crippen molar-refractivity contribution < 1.29 is 27.1 Å². The Morgan fingerprint density at radius 3 is 1.88 bits per heavy atom. The molecule has 0 atom stereocenters. The number of phenols is 1. The molecule has 0 fully saturated rings. The van der Waals surface area contributed by atoms with E-state index in [0.717, 1.165) is 6.21 Å². The van der Waals surface area contributed by atoms with E-state index in [-0.39, 0.29) is 11.3 Å². The van der Waals surface area contributed by atoms with Crippen molar-refractivity contribution in [3.8, 4) is 5.75 Å². The average Bonchev–Trinajstić information content (AvgIpc) is 2.51. The van der Waals surface area contributed by atoms with Crippen LogP contribution in [0.2, 0.25) is 19.6 Å². The summed E-state index contributed by atoms with van der Waals surface area (Å²) in [6.45, 7) is 5.94. The third kappa shape index (κ3) is 3.19. The molecule has 8 heteroatoms. The van der Waals surface area contributed by atoms with Crippen LogP contribution in [0.25, 0.3) is 0 Å². The predicted molar refractivity (Wildman–Crippen MR) is 84.6 cm³/mol. The molecule has 0 aliphatic heterocycles. The molecule has 0 saturated carbocycles. The summed E-state index contributed by atoms with van der Waals surface area (Å²) >= 11 is 0. The van der Waals surface area contributed by atoms with E-state index in [1.54, 1.807) is 12.1 Å². The standard InChI is InChI=1S/C16H14F5NOSi/c1-24(2,3)9-6-4-5-8(16(9)23)7-22-15-13(20)11(18)10(17)12(19)14(15)21/h4-7,23H,1-3H3. The second-order valence-corrected chi connectivity index (χ2v) is 11.2. The molecule has 0 aliphatic rings. The molecule has 0 aliphatic carbocycles. The second kappa shape index (κ2) is 6.35. The van der Waals surface area contributed by atoms with Gasteiger partial charge in [-0.05, 0) is 11.3 Å². The van der Waals surface area contributed by atoms with Crippen molar-refractivity contribution in [2.24, 2.45) is 4.99 Å². The summed E-state index contributed by atoms with van der Waals surface area (Å²) in [7, 11) is -1.89. The van der Waals surface area contributed by atoms with E-state index in [4.69, 9.17) is 0 Å². The highest BCUT2D eigenvalue weighted by Crippen LogP contribution is 2.29. The van der Waals surface area contributed by atoms with Crippen molar-refractivity contribution in [3.63, 3.8) is 0 Å². The van der Waals surface area contributed by atoms with Gasteiger partial charge in [-0.3, -0.25) is 0 Å². The van der Waals surface area contributed by atoms with E-state index in [1.165, 1.54) is 6.07 Å². The third-order valence-corrected chi connectivity index (χ3v) is 5.41. The third-order valence-electron chi connectivity index (χ3n) is 3.39. The van der Waals surface area contributed by atoms with Gasteiger partial charge in [-0.15, -0.1) is 0 Å². The first-order valence-electron chi connectivity index (χ1n) is 6.93. The number of hydrogen-bond acceptors (Lipinski definition) is 2. The van der Waals surface area contributed by atoms with Crippen LogP contribution in [0.1, 0.15) is 5.56 Å². The van der Waals surface area contributed by atoms with Gasteiger partial charge < -0.3 is 5.11 Å². The topological polar surface area (TPSA) is 32.6 Å². The molecular formula is C16H14F5NOSi. The lowest BCUT2D eigenvalue weighted by atomic mass is 10.2. The van der Waals surface area contributed by atoms with Crippen molar-refractivity contribution in [3.05, 3.63) is 52.8 Å². The number of rotatable bonds is 3. The van der Waals surface area contributed by atoms with Crippen LogP contribution in [0, 0.1) is 29.1 Å². The van der Waals surface area contributed by atoms with Gasteiger partial charge in [0.15, 0.2) is 23.3 Å². The molecule has 0 heterocycles. The molecule has 2 aromatic rings. The Labute approximate surface area is 136 Å². The van der Waals surface area contributed by atoms with Gasteiger partial charge in [0, 0.05) is 11.8 Å². The number of aromatic hydroxyl groups is 1. The first-order chi connectivity index (χ1) is 11.1. The largest absolute Gasteiger partial charge is 0.507 e. The van der Waals surface area contributed by atoms with Crippen molar-refractivity contribution in [1.82, 2.24) is 0 Å². The maximum absolute atomic E-state index is 13.6. The van der Waals surface area contributed by atoms with Crippen molar-refractivity contribution in [1.29, 1.82) is 0 Å². The Hall–Kier alpha value is -2.22. The van der Waals surface area contributed by atoms with Crippen molar-refractivity contribution in [2.75, 3.05) is 0 Å². The number of nitrogens with zero attached hydrogens (tertiary/aromatic N) is 1. The lowest BCUT2D eigenvalue weighted by Gasteiger charge is -2.18. The molecule has 0 bridgehead atoms. The van der Waals surface area contributed by atoms with Crippen LogP contribution >= 0.6 is 0 Å². The predicted octanol–water partition coefficient (Wildman–Crippen LogP) is 4.38. The van der Waals surface area contributed by atoms with E-state index in [1.807, 2.05) is 19.6 Å². The van der Waals surface area contributed by atoms with Gasteiger partial charge in [0.25, 0.3) is 0 Å². The molecule has 2 nitrogen and oxygen atoms in total.